The van der Waals surface area contributed by atoms with Gasteiger partial charge in [-0.3, -0.25) is 4.79 Å². The third-order valence-corrected chi connectivity index (χ3v) is 3.45. The molecule has 0 spiro atoms. The smallest absolute Gasteiger partial charge is 0.277 e. The largest absolute Gasteiger partial charge is 0.361 e. The van der Waals surface area contributed by atoms with Crippen LogP contribution in [-0.2, 0) is 0 Å². The van der Waals surface area contributed by atoms with Crippen molar-refractivity contribution in [1.82, 2.24) is 5.16 Å². The van der Waals surface area contributed by atoms with Gasteiger partial charge in [-0.1, -0.05) is 11.2 Å². The molecular weight excluding hydrogens is 331 g/mol. The molecule has 0 bridgehead atoms. The fraction of sp³-hybridized carbons (Fsp3) is 0.167. The van der Waals surface area contributed by atoms with Gasteiger partial charge in [0, 0.05) is 15.3 Å². The molecule has 1 N–H and O–H groups in total. The van der Waals surface area contributed by atoms with Crippen LogP contribution in [0.2, 0.25) is 0 Å². The van der Waals surface area contributed by atoms with Gasteiger partial charge >= 0.3 is 0 Å². The Bertz CT molecular complexity index is 563. The summed E-state index contributed by atoms with van der Waals surface area (Å²) in [5, 5.41) is 6.44. The molecule has 0 fully saturated rings. The number of amides is 1. The summed E-state index contributed by atoms with van der Waals surface area (Å²) in [5.41, 5.74) is 2.23. The van der Waals surface area contributed by atoms with E-state index < -0.39 is 0 Å². The number of rotatable bonds is 2. The van der Waals surface area contributed by atoms with Gasteiger partial charge in [0.05, 0.1) is 0 Å². The molecule has 0 aliphatic carbocycles. The number of halogens is 1. The molecule has 17 heavy (non-hydrogen) atoms. The van der Waals surface area contributed by atoms with E-state index in [-0.39, 0.29) is 11.6 Å². The SMILES string of the molecule is Cc1cc(C(=O)Nc2ccc(C)c(I)c2)no1. The summed E-state index contributed by atoms with van der Waals surface area (Å²) in [4.78, 5) is 11.8. The second kappa shape index (κ2) is 4.87. The monoisotopic (exact) mass is 342 g/mol. The Morgan fingerprint density at radius 3 is 2.71 bits per heavy atom. The van der Waals surface area contributed by atoms with Crippen LogP contribution < -0.4 is 5.32 Å². The molecule has 2 rings (SSSR count). The van der Waals surface area contributed by atoms with E-state index in [1.54, 1.807) is 13.0 Å². The van der Waals surface area contributed by atoms with Gasteiger partial charge in [-0.15, -0.1) is 0 Å². The second-order valence-corrected chi connectivity index (χ2v) is 4.90. The van der Waals surface area contributed by atoms with Crippen molar-refractivity contribution in [3.63, 3.8) is 0 Å². The van der Waals surface area contributed by atoms with Crippen LogP contribution in [0.25, 0.3) is 0 Å². The molecule has 0 saturated heterocycles. The number of aromatic nitrogens is 1. The Morgan fingerprint density at radius 2 is 2.12 bits per heavy atom. The lowest BCUT2D eigenvalue weighted by atomic mass is 10.2. The number of hydrogen-bond donors (Lipinski definition) is 1. The molecule has 5 heteroatoms. The van der Waals surface area contributed by atoms with E-state index in [1.165, 1.54) is 5.56 Å². The van der Waals surface area contributed by atoms with Crippen molar-refractivity contribution in [3.8, 4) is 0 Å². The van der Waals surface area contributed by atoms with Gasteiger partial charge < -0.3 is 9.84 Å². The van der Waals surface area contributed by atoms with Crippen LogP contribution in [0.15, 0.2) is 28.8 Å². The number of aryl methyl sites for hydroxylation is 2. The molecule has 0 aliphatic heterocycles. The molecule has 1 aromatic heterocycles. The molecule has 1 aromatic carbocycles. The lowest BCUT2D eigenvalue weighted by Crippen LogP contribution is -2.12. The van der Waals surface area contributed by atoms with E-state index in [2.05, 4.69) is 33.1 Å². The maximum absolute atomic E-state index is 11.8. The standard InChI is InChI=1S/C12H11IN2O2/c1-7-3-4-9(6-10(7)13)14-12(16)11-5-8(2)17-15-11/h3-6H,1-2H3,(H,14,16). The van der Waals surface area contributed by atoms with Gasteiger partial charge in [0.2, 0.25) is 0 Å². The highest BCUT2D eigenvalue weighted by molar-refractivity contribution is 14.1. The quantitative estimate of drug-likeness (QED) is 0.853. The first-order valence-electron chi connectivity index (χ1n) is 5.07. The van der Waals surface area contributed by atoms with Crippen molar-refractivity contribution in [3.05, 3.63) is 44.9 Å². The predicted molar refractivity (Wildman–Crippen MR) is 73.1 cm³/mol. The average Bonchev–Trinajstić information content (AvgIpc) is 2.70. The summed E-state index contributed by atoms with van der Waals surface area (Å²) < 4.78 is 5.96. The van der Waals surface area contributed by atoms with Gasteiger partial charge in [0.1, 0.15) is 5.76 Å². The molecule has 0 radical (unpaired) electrons. The number of benzene rings is 1. The minimum Gasteiger partial charge on any atom is -0.361 e. The summed E-state index contributed by atoms with van der Waals surface area (Å²) in [7, 11) is 0. The molecule has 0 atom stereocenters. The Kier molecular flexibility index (Phi) is 3.46. The van der Waals surface area contributed by atoms with Crippen molar-refractivity contribution in [1.29, 1.82) is 0 Å². The zero-order chi connectivity index (χ0) is 12.4. The molecule has 0 saturated carbocycles. The highest BCUT2D eigenvalue weighted by Crippen LogP contribution is 2.17. The molecule has 0 aliphatic rings. The van der Waals surface area contributed by atoms with E-state index in [1.807, 2.05) is 25.1 Å². The van der Waals surface area contributed by atoms with Crippen molar-refractivity contribution in [2.75, 3.05) is 5.32 Å². The first-order valence-corrected chi connectivity index (χ1v) is 6.15. The van der Waals surface area contributed by atoms with Crippen LogP contribution >= 0.6 is 22.6 Å². The Labute approximate surface area is 113 Å². The zero-order valence-corrected chi connectivity index (χ0v) is 11.6. The van der Waals surface area contributed by atoms with E-state index in [9.17, 15) is 4.79 Å². The highest BCUT2D eigenvalue weighted by atomic mass is 127. The third-order valence-electron chi connectivity index (χ3n) is 2.29. The van der Waals surface area contributed by atoms with Crippen molar-refractivity contribution >= 4 is 34.2 Å². The van der Waals surface area contributed by atoms with Crippen LogP contribution in [-0.4, -0.2) is 11.1 Å². The van der Waals surface area contributed by atoms with Crippen molar-refractivity contribution in [2.24, 2.45) is 0 Å². The lowest BCUT2D eigenvalue weighted by Gasteiger charge is -2.04. The maximum atomic E-state index is 11.8. The van der Waals surface area contributed by atoms with Gasteiger partial charge in [0.15, 0.2) is 5.69 Å². The number of anilines is 1. The second-order valence-electron chi connectivity index (χ2n) is 3.74. The molecule has 88 valence electrons. The number of hydrogen-bond acceptors (Lipinski definition) is 3. The molecular formula is C12H11IN2O2. The molecule has 2 aromatic rings. The fourth-order valence-corrected chi connectivity index (χ4v) is 1.85. The highest BCUT2D eigenvalue weighted by Gasteiger charge is 2.11. The lowest BCUT2D eigenvalue weighted by molar-refractivity contribution is 0.101. The Hall–Kier alpha value is -1.37. The molecule has 1 amide bonds. The number of carbonyl (C=O) groups is 1. The zero-order valence-electron chi connectivity index (χ0n) is 9.45. The summed E-state index contributed by atoms with van der Waals surface area (Å²) in [5.74, 6) is 0.357. The Balaban J connectivity index is 2.15. The van der Waals surface area contributed by atoms with Crippen LogP contribution in [0.4, 0.5) is 5.69 Å². The number of nitrogens with zero attached hydrogens (tertiary/aromatic N) is 1. The summed E-state index contributed by atoms with van der Waals surface area (Å²) in [6.45, 7) is 3.77. The first kappa shape index (κ1) is 12.1. The van der Waals surface area contributed by atoms with Crippen LogP contribution in [0.3, 0.4) is 0 Å². The van der Waals surface area contributed by atoms with E-state index in [0.717, 1.165) is 9.26 Å². The molecule has 0 unspecified atom stereocenters. The van der Waals surface area contributed by atoms with Gasteiger partial charge in [-0.25, -0.2) is 0 Å². The summed E-state index contributed by atoms with van der Waals surface area (Å²) in [6.07, 6.45) is 0. The average molecular weight is 342 g/mol. The maximum Gasteiger partial charge on any atom is 0.277 e. The van der Waals surface area contributed by atoms with Crippen molar-refractivity contribution in [2.45, 2.75) is 13.8 Å². The third kappa shape index (κ3) is 2.85. The Morgan fingerprint density at radius 1 is 1.35 bits per heavy atom. The van der Waals surface area contributed by atoms with Gasteiger partial charge in [-0.2, -0.15) is 0 Å². The normalized spacial score (nSPS) is 10.3. The topological polar surface area (TPSA) is 55.1 Å². The number of nitrogens with one attached hydrogen (secondary N) is 1. The van der Waals surface area contributed by atoms with E-state index in [0.29, 0.717) is 5.76 Å². The number of carbonyl (C=O) groups excluding carboxylic acids is 1. The van der Waals surface area contributed by atoms with Crippen LogP contribution in [0.5, 0.6) is 0 Å². The summed E-state index contributed by atoms with van der Waals surface area (Å²) in [6, 6.07) is 7.35. The minimum atomic E-state index is -0.262. The molecule has 4 nitrogen and oxygen atoms in total. The minimum absolute atomic E-state index is 0.262. The van der Waals surface area contributed by atoms with Crippen LogP contribution in [0.1, 0.15) is 21.8 Å². The van der Waals surface area contributed by atoms with Gasteiger partial charge in [-0.05, 0) is 54.1 Å². The van der Waals surface area contributed by atoms with E-state index >= 15 is 0 Å². The first-order chi connectivity index (χ1) is 8.06. The predicted octanol–water partition coefficient (Wildman–Crippen LogP) is 3.15. The molecule has 1 heterocycles. The van der Waals surface area contributed by atoms with Crippen molar-refractivity contribution < 1.29 is 9.32 Å². The fourth-order valence-electron chi connectivity index (χ4n) is 1.34. The van der Waals surface area contributed by atoms with Gasteiger partial charge in [0.25, 0.3) is 5.91 Å². The summed E-state index contributed by atoms with van der Waals surface area (Å²) >= 11 is 2.23. The van der Waals surface area contributed by atoms with E-state index in [4.69, 9.17) is 4.52 Å². The van der Waals surface area contributed by atoms with Crippen LogP contribution in [0, 0.1) is 17.4 Å².